The molecule has 1 aliphatic heterocycles. The van der Waals surface area contributed by atoms with Gasteiger partial charge in [-0.3, -0.25) is 13.9 Å². The molecule has 1 aromatic rings. The Morgan fingerprint density at radius 2 is 1.92 bits per heavy atom. The van der Waals surface area contributed by atoms with Crippen molar-refractivity contribution in [2.75, 3.05) is 43.3 Å². The molecule has 1 aliphatic rings. The van der Waals surface area contributed by atoms with E-state index >= 15 is 0 Å². The van der Waals surface area contributed by atoms with Crippen molar-refractivity contribution in [2.45, 2.75) is 0 Å². The fourth-order valence-corrected chi connectivity index (χ4v) is 3.33. The zero-order valence-corrected chi connectivity index (χ0v) is 14.1. The van der Waals surface area contributed by atoms with Crippen LogP contribution in [0.3, 0.4) is 0 Å². The number of sulfonamides is 1. The van der Waals surface area contributed by atoms with E-state index in [1.54, 1.807) is 17.0 Å². The van der Waals surface area contributed by atoms with Gasteiger partial charge in [-0.2, -0.15) is 5.26 Å². The van der Waals surface area contributed by atoms with Crippen LogP contribution >= 0.6 is 0 Å². The summed E-state index contributed by atoms with van der Waals surface area (Å²) in [6, 6.07) is 8.18. The van der Waals surface area contributed by atoms with Crippen LogP contribution in [0.2, 0.25) is 0 Å². The van der Waals surface area contributed by atoms with Gasteiger partial charge in [-0.25, -0.2) is 8.42 Å². The number of para-hydroxylation sites is 1. The molecule has 9 heteroatoms. The highest BCUT2D eigenvalue weighted by Crippen LogP contribution is 2.22. The Hall–Kier alpha value is -2.60. The molecular formula is C15H18N4O4S. The van der Waals surface area contributed by atoms with Crippen LogP contribution in [0.15, 0.2) is 24.3 Å². The number of carbonyl (C=O) groups excluding carboxylic acids is 2. The first-order valence-corrected chi connectivity index (χ1v) is 9.15. The molecule has 0 aliphatic carbocycles. The van der Waals surface area contributed by atoms with Gasteiger partial charge in [-0.1, -0.05) is 12.1 Å². The SMILES string of the molecule is CS(=O)(=O)N(CC(=O)N1CCN(C=O)CC1)c1ccccc1C#N. The van der Waals surface area contributed by atoms with E-state index in [1.165, 1.54) is 17.0 Å². The number of hydrogen-bond acceptors (Lipinski definition) is 5. The summed E-state index contributed by atoms with van der Waals surface area (Å²) in [5, 5.41) is 9.17. The summed E-state index contributed by atoms with van der Waals surface area (Å²) in [7, 11) is -3.73. The molecule has 128 valence electrons. The van der Waals surface area contributed by atoms with Crippen LogP contribution < -0.4 is 4.31 Å². The van der Waals surface area contributed by atoms with Crippen LogP contribution in [-0.2, 0) is 19.6 Å². The van der Waals surface area contributed by atoms with Gasteiger partial charge in [0.1, 0.15) is 12.6 Å². The van der Waals surface area contributed by atoms with Gasteiger partial charge < -0.3 is 9.80 Å². The van der Waals surface area contributed by atoms with Crippen molar-refractivity contribution in [1.82, 2.24) is 9.80 Å². The van der Waals surface area contributed by atoms with Gasteiger partial charge in [0, 0.05) is 26.2 Å². The highest BCUT2D eigenvalue weighted by atomic mass is 32.2. The number of piperazine rings is 1. The first-order chi connectivity index (χ1) is 11.4. The Balaban J connectivity index is 2.20. The molecule has 0 saturated carbocycles. The van der Waals surface area contributed by atoms with Gasteiger partial charge in [0.25, 0.3) is 0 Å². The van der Waals surface area contributed by atoms with Crippen molar-refractivity contribution in [3.8, 4) is 6.07 Å². The van der Waals surface area contributed by atoms with E-state index in [0.29, 0.717) is 26.2 Å². The van der Waals surface area contributed by atoms with E-state index in [2.05, 4.69) is 0 Å². The third kappa shape index (κ3) is 4.02. The molecule has 2 rings (SSSR count). The predicted molar refractivity (Wildman–Crippen MR) is 87.6 cm³/mol. The summed E-state index contributed by atoms with van der Waals surface area (Å²) >= 11 is 0. The third-order valence-corrected chi connectivity index (χ3v) is 4.91. The van der Waals surface area contributed by atoms with Gasteiger partial charge in [0.15, 0.2) is 0 Å². The van der Waals surface area contributed by atoms with Gasteiger partial charge >= 0.3 is 0 Å². The van der Waals surface area contributed by atoms with Crippen molar-refractivity contribution >= 4 is 28.0 Å². The molecule has 0 N–H and O–H groups in total. The first-order valence-electron chi connectivity index (χ1n) is 7.31. The lowest BCUT2D eigenvalue weighted by Gasteiger charge is -2.34. The number of rotatable bonds is 5. The predicted octanol–water partition coefficient (Wildman–Crippen LogP) is -0.375. The normalized spacial score (nSPS) is 14.8. The average Bonchev–Trinajstić information content (AvgIpc) is 2.58. The van der Waals surface area contributed by atoms with Crippen LogP contribution in [0.25, 0.3) is 0 Å². The van der Waals surface area contributed by atoms with E-state index in [9.17, 15) is 18.0 Å². The van der Waals surface area contributed by atoms with Crippen LogP contribution in [0.5, 0.6) is 0 Å². The number of benzene rings is 1. The first kappa shape index (κ1) is 17.7. The van der Waals surface area contributed by atoms with Crippen LogP contribution in [0, 0.1) is 11.3 Å². The second-order valence-electron chi connectivity index (χ2n) is 5.42. The summed E-state index contributed by atoms with van der Waals surface area (Å²) in [4.78, 5) is 26.2. The summed E-state index contributed by atoms with van der Waals surface area (Å²) in [6.45, 7) is 1.18. The minimum atomic E-state index is -3.73. The van der Waals surface area contributed by atoms with Gasteiger partial charge in [-0.15, -0.1) is 0 Å². The number of carbonyl (C=O) groups is 2. The molecule has 0 spiro atoms. The molecule has 2 amide bonds. The molecule has 1 aromatic carbocycles. The van der Waals surface area contributed by atoms with Crippen molar-refractivity contribution in [2.24, 2.45) is 0 Å². The fourth-order valence-electron chi connectivity index (χ4n) is 2.47. The average molecular weight is 350 g/mol. The maximum atomic E-state index is 12.5. The van der Waals surface area contributed by atoms with Crippen molar-refractivity contribution < 1.29 is 18.0 Å². The molecule has 0 atom stereocenters. The van der Waals surface area contributed by atoms with Gasteiger partial charge in [0.2, 0.25) is 22.3 Å². The van der Waals surface area contributed by atoms with Crippen molar-refractivity contribution in [3.05, 3.63) is 29.8 Å². The number of anilines is 1. The number of amides is 2. The Bertz CT molecular complexity index is 764. The minimum absolute atomic E-state index is 0.182. The van der Waals surface area contributed by atoms with E-state index in [0.717, 1.165) is 17.0 Å². The van der Waals surface area contributed by atoms with Gasteiger partial charge in [-0.05, 0) is 12.1 Å². The Kier molecular flexibility index (Phi) is 5.41. The largest absolute Gasteiger partial charge is 0.342 e. The number of nitrogens with zero attached hydrogens (tertiary/aromatic N) is 4. The Morgan fingerprint density at radius 3 is 2.46 bits per heavy atom. The molecule has 0 unspecified atom stereocenters. The Labute approximate surface area is 140 Å². The molecule has 0 aromatic heterocycles. The zero-order valence-electron chi connectivity index (χ0n) is 13.3. The van der Waals surface area contributed by atoms with Gasteiger partial charge in [0.05, 0.1) is 17.5 Å². The molecule has 24 heavy (non-hydrogen) atoms. The third-order valence-electron chi connectivity index (χ3n) is 3.79. The lowest BCUT2D eigenvalue weighted by atomic mass is 10.2. The maximum Gasteiger partial charge on any atom is 0.243 e. The van der Waals surface area contributed by atoms with Crippen LogP contribution in [0.4, 0.5) is 5.69 Å². The summed E-state index contributed by atoms with van der Waals surface area (Å²) in [6.07, 6.45) is 1.73. The number of hydrogen-bond donors (Lipinski definition) is 0. The van der Waals surface area contributed by atoms with Crippen LogP contribution in [-0.4, -0.2) is 69.5 Å². The highest BCUT2D eigenvalue weighted by Gasteiger charge is 2.27. The second-order valence-corrected chi connectivity index (χ2v) is 7.33. The molecule has 0 radical (unpaired) electrons. The van der Waals surface area contributed by atoms with E-state index < -0.39 is 10.0 Å². The standard InChI is InChI=1S/C15H18N4O4S/c1-24(22,23)19(14-5-3-2-4-13(14)10-16)11-15(21)18-8-6-17(12-20)7-9-18/h2-5,12H,6-9,11H2,1H3. The summed E-state index contributed by atoms with van der Waals surface area (Å²) in [5.74, 6) is -0.362. The smallest absolute Gasteiger partial charge is 0.243 e. The highest BCUT2D eigenvalue weighted by molar-refractivity contribution is 7.92. The molecule has 0 bridgehead atoms. The minimum Gasteiger partial charge on any atom is -0.342 e. The summed E-state index contributed by atoms with van der Waals surface area (Å²) < 4.78 is 25.2. The second kappa shape index (κ2) is 7.31. The lowest BCUT2D eigenvalue weighted by molar-refractivity contribution is -0.133. The molecule has 1 heterocycles. The van der Waals surface area contributed by atoms with Crippen molar-refractivity contribution in [1.29, 1.82) is 5.26 Å². The topological polar surface area (TPSA) is 102 Å². The lowest BCUT2D eigenvalue weighted by Crippen LogP contribution is -2.51. The quantitative estimate of drug-likeness (QED) is 0.674. The zero-order chi connectivity index (χ0) is 17.7. The van der Waals surface area contributed by atoms with E-state index in [4.69, 9.17) is 5.26 Å². The molecule has 1 fully saturated rings. The van der Waals surface area contributed by atoms with E-state index in [-0.39, 0.29) is 23.7 Å². The Morgan fingerprint density at radius 1 is 1.29 bits per heavy atom. The van der Waals surface area contributed by atoms with Crippen molar-refractivity contribution in [3.63, 3.8) is 0 Å². The number of nitriles is 1. The van der Waals surface area contributed by atoms with Crippen LogP contribution in [0.1, 0.15) is 5.56 Å². The summed E-state index contributed by atoms with van der Waals surface area (Å²) in [5.41, 5.74) is 0.365. The molecule has 8 nitrogen and oxygen atoms in total. The fraction of sp³-hybridized carbons (Fsp3) is 0.400. The molecule has 1 saturated heterocycles. The molecular weight excluding hydrogens is 332 g/mol. The monoisotopic (exact) mass is 350 g/mol. The van der Waals surface area contributed by atoms with E-state index in [1.807, 2.05) is 6.07 Å². The maximum absolute atomic E-state index is 12.5.